The van der Waals surface area contributed by atoms with E-state index >= 15 is 0 Å². The van der Waals surface area contributed by atoms with Crippen LogP contribution in [0.1, 0.15) is 17.4 Å². The van der Waals surface area contributed by atoms with Crippen LogP contribution in [0, 0.1) is 0 Å². The Morgan fingerprint density at radius 1 is 1.53 bits per heavy atom. The first kappa shape index (κ1) is 12.6. The van der Waals surface area contributed by atoms with Gasteiger partial charge in [0.05, 0.1) is 0 Å². The fraction of sp³-hybridized carbons (Fsp3) is 0.182. The van der Waals surface area contributed by atoms with Crippen molar-refractivity contribution in [1.29, 1.82) is 0 Å². The van der Waals surface area contributed by atoms with Crippen molar-refractivity contribution in [3.63, 3.8) is 0 Å². The molecule has 1 heterocycles. The average Bonchev–Trinajstić information content (AvgIpc) is 2.71. The minimum Gasteiger partial charge on any atom is -0.336 e. The first-order chi connectivity index (χ1) is 8.13. The molecule has 1 unspecified atom stereocenters. The molecule has 2 rings (SSSR count). The molecule has 0 saturated heterocycles. The van der Waals surface area contributed by atoms with Crippen molar-refractivity contribution in [2.75, 3.05) is 0 Å². The number of rotatable bonds is 3. The van der Waals surface area contributed by atoms with E-state index in [0.29, 0.717) is 5.02 Å². The van der Waals surface area contributed by atoms with Gasteiger partial charge in [-0.25, -0.2) is 10.4 Å². The third kappa shape index (κ3) is 2.52. The molecule has 1 atom stereocenters. The summed E-state index contributed by atoms with van der Waals surface area (Å²) < 4.78 is 2.85. The van der Waals surface area contributed by atoms with Gasteiger partial charge in [0.25, 0.3) is 0 Å². The second-order valence-electron chi connectivity index (χ2n) is 3.66. The highest BCUT2D eigenvalue weighted by Gasteiger charge is 2.19. The van der Waals surface area contributed by atoms with E-state index in [1.165, 1.54) is 0 Å². The number of nitrogens with one attached hydrogen (secondary N) is 1. The summed E-state index contributed by atoms with van der Waals surface area (Å²) in [5, 5.41) is 0.664. The van der Waals surface area contributed by atoms with Gasteiger partial charge in [0.15, 0.2) is 0 Å². The average molecular weight is 316 g/mol. The van der Waals surface area contributed by atoms with Crippen LogP contribution in [0.3, 0.4) is 0 Å². The molecule has 0 fully saturated rings. The predicted molar refractivity (Wildman–Crippen MR) is 71.5 cm³/mol. The summed E-state index contributed by atoms with van der Waals surface area (Å²) in [5.41, 5.74) is 3.71. The molecular formula is C11H12BrClN4. The number of halogens is 2. The van der Waals surface area contributed by atoms with E-state index < -0.39 is 0 Å². The molecule has 0 spiro atoms. The van der Waals surface area contributed by atoms with Crippen LogP contribution in [-0.4, -0.2) is 9.55 Å². The number of aryl methyl sites for hydroxylation is 1. The predicted octanol–water partition coefficient (Wildman–Crippen LogP) is 2.39. The Bertz CT molecular complexity index is 526. The molecular weight excluding hydrogens is 304 g/mol. The lowest BCUT2D eigenvalue weighted by molar-refractivity contribution is 0.578. The quantitative estimate of drug-likeness (QED) is 0.675. The number of nitrogens with zero attached hydrogens (tertiary/aromatic N) is 2. The summed E-state index contributed by atoms with van der Waals surface area (Å²) in [6.45, 7) is 0. The van der Waals surface area contributed by atoms with Gasteiger partial charge >= 0.3 is 0 Å². The van der Waals surface area contributed by atoms with Gasteiger partial charge in [0.1, 0.15) is 11.9 Å². The summed E-state index contributed by atoms with van der Waals surface area (Å²) in [6, 6.07) is 5.37. The van der Waals surface area contributed by atoms with Crippen molar-refractivity contribution in [3.8, 4) is 0 Å². The number of hydrogen-bond acceptors (Lipinski definition) is 3. The lowest BCUT2D eigenvalue weighted by Gasteiger charge is -2.17. The highest BCUT2D eigenvalue weighted by Crippen LogP contribution is 2.29. The largest absolute Gasteiger partial charge is 0.336 e. The molecule has 0 aliphatic carbocycles. The van der Waals surface area contributed by atoms with Crippen molar-refractivity contribution < 1.29 is 0 Å². The number of benzene rings is 1. The van der Waals surface area contributed by atoms with Gasteiger partial charge in [-0.3, -0.25) is 5.84 Å². The van der Waals surface area contributed by atoms with Crippen LogP contribution in [0.4, 0.5) is 0 Å². The Balaban J connectivity index is 2.49. The first-order valence-corrected chi connectivity index (χ1v) is 6.19. The van der Waals surface area contributed by atoms with Crippen molar-refractivity contribution in [2.45, 2.75) is 6.04 Å². The first-order valence-electron chi connectivity index (χ1n) is 5.01. The van der Waals surface area contributed by atoms with Gasteiger partial charge in [-0.2, -0.15) is 0 Å². The summed E-state index contributed by atoms with van der Waals surface area (Å²) >= 11 is 9.49. The number of imidazole rings is 1. The van der Waals surface area contributed by atoms with Gasteiger partial charge in [-0.1, -0.05) is 27.5 Å². The van der Waals surface area contributed by atoms with E-state index in [4.69, 9.17) is 17.4 Å². The Morgan fingerprint density at radius 3 is 2.88 bits per heavy atom. The summed E-state index contributed by atoms with van der Waals surface area (Å²) in [6.07, 6.45) is 3.61. The molecule has 90 valence electrons. The second-order valence-corrected chi connectivity index (χ2v) is 4.95. The number of hydrogen-bond donors (Lipinski definition) is 2. The summed E-state index contributed by atoms with van der Waals surface area (Å²) in [5.74, 6) is 6.45. The lowest BCUT2D eigenvalue weighted by Crippen LogP contribution is -2.31. The van der Waals surface area contributed by atoms with Crippen LogP contribution in [0.2, 0.25) is 5.02 Å². The van der Waals surface area contributed by atoms with Crippen LogP contribution >= 0.6 is 27.5 Å². The Kier molecular flexibility index (Phi) is 3.83. The molecule has 0 saturated carbocycles. The molecule has 0 radical (unpaired) electrons. The third-order valence-corrected chi connectivity index (χ3v) is 3.51. The van der Waals surface area contributed by atoms with E-state index in [-0.39, 0.29) is 6.04 Å². The maximum absolute atomic E-state index is 6.00. The molecule has 17 heavy (non-hydrogen) atoms. The molecule has 0 bridgehead atoms. The van der Waals surface area contributed by atoms with E-state index in [0.717, 1.165) is 15.9 Å². The number of aromatic nitrogens is 2. The van der Waals surface area contributed by atoms with Crippen molar-refractivity contribution in [1.82, 2.24) is 15.0 Å². The molecule has 1 aromatic heterocycles. The molecule has 0 aliphatic heterocycles. The van der Waals surface area contributed by atoms with Gasteiger partial charge in [-0.05, 0) is 23.8 Å². The van der Waals surface area contributed by atoms with Gasteiger partial charge < -0.3 is 4.57 Å². The minimum absolute atomic E-state index is 0.205. The van der Waals surface area contributed by atoms with Crippen LogP contribution < -0.4 is 11.3 Å². The van der Waals surface area contributed by atoms with Crippen LogP contribution in [0.5, 0.6) is 0 Å². The molecule has 0 amide bonds. The molecule has 1 aromatic carbocycles. The van der Waals surface area contributed by atoms with Crippen LogP contribution in [-0.2, 0) is 7.05 Å². The maximum atomic E-state index is 6.00. The molecule has 4 nitrogen and oxygen atoms in total. The standard InChI is InChI=1S/C11H12BrClN4/c1-17-5-4-15-11(17)10(16-14)8-6-7(13)2-3-9(8)12/h2-6,10,16H,14H2,1H3. The lowest BCUT2D eigenvalue weighted by atomic mass is 10.1. The molecule has 2 aromatic rings. The highest BCUT2D eigenvalue weighted by atomic mass is 79.9. The second kappa shape index (κ2) is 5.18. The minimum atomic E-state index is -0.205. The van der Waals surface area contributed by atoms with E-state index in [9.17, 15) is 0 Å². The summed E-state index contributed by atoms with van der Waals surface area (Å²) in [4.78, 5) is 4.29. The van der Waals surface area contributed by atoms with E-state index in [1.54, 1.807) is 6.20 Å². The van der Waals surface area contributed by atoms with E-state index in [2.05, 4.69) is 26.3 Å². The van der Waals surface area contributed by atoms with Crippen molar-refractivity contribution in [2.24, 2.45) is 12.9 Å². The Labute approximate surface area is 113 Å². The maximum Gasteiger partial charge on any atom is 0.131 e. The smallest absolute Gasteiger partial charge is 0.131 e. The zero-order chi connectivity index (χ0) is 12.4. The summed E-state index contributed by atoms with van der Waals surface area (Å²) in [7, 11) is 1.92. The van der Waals surface area contributed by atoms with Crippen molar-refractivity contribution >= 4 is 27.5 Å². The highest BCUT2D eigenvalue weighted by molar-refractivity contribution is 9.10. The zero-order valence-corrected chi connectivity index (χ0v) is 11.5. The molecule has 0 aliphatic rings. The Morgan fingerprint density at radius 2 is 2.29 bits per heavy atom. The molecule has 6 heteroatoms. The fourth-order valence-electron chi connectivity index (χ4n) is 1.69. The van der Waals surface area contributed by atoms with Crippen molar-refractivity contribution in [3.05, 3.63) is 51.5 Å². The fourth-order valence-corrected chi connectivity index (χ4v) is 2.35. The van der Waals surface area contributed by atoms with Gasteiger partial charge in [0.2, 0.25) is 0 Å². The number of nitrogens with two attached hydrogens (primary N) is 1. The molecule has 3 N–H and O–H groups in total. The SMILES string of the molecule is Cn1ccnc1C(NN)c1cc(Cl)ccc1Br. The van der Waals surface area contributed by atoms with Gasteiger partial charge in [-0.15, -0.1) is 0 Å². The van der Waals surface area contributed by atoms with E-state index in [1.807, 2.05) is 36.0 Å². The van der Waals surface area contributed by atoms with Gasteiger partial charge in [0, 0.05) is 28.9 Å². The normalized spacial score (nSPS) is 12.7. The Hall–Kier alpha value is -0.880. The topological polar surface area (TPSA) is 55.9 Å². The zero-order valence-electron chi connectivity index (χ0n) is 9.19. The monoisotopic (exact) mass is 314 g/mol. The third-order valence-electron chi connectivity index (χ3n) is 2.55. The number of hydrazine groups is 1. The van der Waals surface area contributed by atoms with Crippen LogP contribution in [0.15, 0.2) is 35.1 Å². The van der Waals surface area contributed by atoms with Crippen LogP contribution in [0.25, 0.3) is 0 Å².